The molecule has 3 heteroatoms. The quantitative estimate of drug-likeness (QED) is 0.658. The van der Waals surface area contributed by atoms with E-state index < -0.39 is 0 Å². The summed E-state index contributed by atoms with van der Waals surface area (Å²) >= 11 is 0. The van der Waals surface area contributed by atoms with Crippen LogP contribution in [-0.2, 0) is 17.6 Å². The lowest BCUT2D eigenvalue weighted by Gasteiger charge is -2.13. The van der Waals surface area contributed by atoms with Crippen molar-refractivity contribution in [3.63, 3.8) is 0 Å². The van der Waals surface area contributed by atoms with Crippen LogP contribution in [0.25, 0.3) is 0 Å². The van der Waals surface area contributed by atoms with Gasteiger partial charge >= 0.3 is 5.97 Å². The molecule has 0 unspecified atom stereocenters. The molecule has 0 fully saturated rings. The van der Waals surface area contributed by atoms with E-state index in [0.29, 0.717) is 17.9 Å². The standard InChI is InChI=1S/C17H26NO2/c1-4-7-9-13-11-15(17(19)20-6-3)12-14(16(13)18)10-8-5-2/h11-12,18H,4-10H2,1-3H3. The van der Waals surface area contributed by atoms with Crippen LogP contribution >= 0.6 is 0 Å². The van der Waals surface area contributed by atoms with Crippen LogP contribution in [0.5, 0.6) is 0 Å². The van der Waals surface area contributed by atoms with Crippen molar-refractivity contribution in [2.24, 2.45) is 0 Å². The Kier molecular flexibility index (Phi) is 7.13. The maximum atomic E-state index is 11.9. The van der Waals surface area contributed by atoms with Crippen LogP contribution in [0, 0.1) is 0 Å². The molecule has 1 rings (SSSR count). The Labute approximate surface area is 122 Å². The first kappa shape index (κ1) is 16.5. The summed E-state index contributed by atoms with van der Waals surface area (Å²) in [5, 5.41) is 0. The summed E-state index contributed by atoms with van der Waals surface area (Å²) in [7, 11) is 0. The Balaban J connectivity index is 3.07. The molecule has 0 saturated carbocycles. The number of nitrogens with one attached hydrogen (secondary N) is 1. The average Bonchev–Trinajstić information content (AvgIpc) is 2.45. The molecule has 0 bridgehead atoms. The number of unbranched alkanes of at least 4 members (excludes halogenated alkanes) is 2. The second-order valence-corrected chi connectivity index (χ2v) is 5.10. The molecule has 1 aromatic rings. The van der Waals surface area contributed by atoms with Gasteiger partial charge in [0.15, 0.2) is 0 Å². The second-order valence-electron chi connectivity index (χ2n) is 5.10. The summed E-state index contributed by atoms with van der Waals surface area (Å²) in [6.45, 7) is 6.47. The fraction of sp³-hybridized carbons (Fsp3) is 0.588. The van der Waals surface area contributed by atoms with E-state index in [1.54, 1.807) is 0 Å². The maximum absolute atomic E-state index is 11.9. The zero-order valence-corrected chi connectivity index (χ0v) is 12.9. The van der Waals surface area contributed by atoms with Gasteiger partial charge in [0.2, 0.25) is 0 Å². The highest BCUT2D eigenvalue weighted by molar-refractivity contribution is 5.90. The summed E-state index contributed by atoms with van der Waals surface area (Å²) < 4.78 is 5.09. The Morgan fingerprint density at radius 1 is 1.05 bits per heavy atom. The van der Waals surface area contributed by atoms with E-state index in [4.69, 9.17) is 10.5 Å². The third kappa shape index (κ3) is 4.55. The fourth-order valence-electron chi connectivity index (χ4n) is 2.23. The minimum atomic E-state index is -0.275. The van der Waals surface area contributed by atoms with Gasteiger partial charge in [0.05, 0.1) is 17.9 Å². The predicted molar refractivity (Wildman–Crippen MR) is 82.4 cm³/mol. The molecule has 0 atom stereocenters. The third-order valence-electron chi connectivity index (χ3n) is 3.41. The number of hydrogen-bond donors (Lipinski definition) is 0. The molecule has 1 radical (unpaired) electrons. The third-order valence-corrected chi connectivity index (χ3v) is 3.41. The molecule has 0 aromatic heterocycles. The van der Waals surface area contributed by atoms with Crippen LogP contribution in [0.4, 0.5) is 5.69 Å². The van der Waals surface area contributed by atoms with E-state index in [1.807, 2.05) is 19.1 Å². The first-order valence-electron chi connectivity index (χ1n) is 7.68. The topological polar surface area (TPSA) is 50.1 Å². The van der Waals surface area contributed by atoms with Gasteiger partial charge in [0.1, 0.15) is 0 Å². The molecule has 0 aliphatic carbocycles. The summed E-state index contributed by atoms with van der Waals surface area (Å²) in [5.74, 6) is -0.275. The van der Waals surface area contributed by atoms with Crippen LogP contribution in [0.1, 0.15) is 67.9 Å². The first-order valence-corrected chi connectivity index (χ1v) is 7.68. The minimum Gasteiger partial charge on any atom is -0.462 e. The molecule has 0 aliphatic heterocycles. The van der Waals surface area contributed by atoms with Gasteiger partial charge in [0.25, 0.3) is 0 Å². The largest absolute Gasteiger partial charge is 0.462 e. The van der Waals surface area contributed by atoms with Gasteiger partial charge in [-0.05, 0) is 55.9 Å². The van der Waals surface area contributed by atoms with Crippen molar-refractivity contribution in [3.05, 3.63) is 28.8 Å². The molecular weight excluding hydrogens is 250 g/mol. The lowest BCUT2D eigenvalue weighted by molar-refractivity contribution is 0.0526. The van der Waals surface area contributed by atoms with Crippen molar-refractivity contribution in [3.8, 4) is 0 Å². The van der Waals surface area contributed by atoms with Gasteiger partial charge in [-0.1, -0.05) is 26.7 Å². The van der Waals surface area contributed by atoms with E-state index in [0.717, 1.165) is 49.7 Å². The van der Waals surface area contributed by atoms with Gasteiger partial charge in [-0.3, -0.25) is 0 Å². The average molecular weight is 276 g/mol. The monoisotopic (exact) mass is 276 g/mol. The second kappa shape index (κ2) is 8.62. The number of benzene rings is 1. The highest BCUT2D eigenvalue weighted by Crippen LogP contribution is 2.25. The zero-order chi connectivity index (χ0) is 15.0. The summed E-state index contributed by atoms with van der Waals surface area (Å²) in [5.41, 5.74) is 11.5. The number of aryl methyl sites for hydroxylation is 2. The molecule has 20 heavy (non-hydrogen) atoms. The van der Waals surface area contributed by atoms with E-state index in [-0.39, 0.29) is 5.97 Å². The lowest BCUT2D eigenvalue weighted by Crippen LogP contribution is -2.07. The van der Waals surface area contributed by atoms with E-state index in [9.17, 15) is 4.79 Å². The molecule has 0 amide bonds. The summed E-state index contributed by atoms with van der Waals surface area (Å²) in [6, 6.07) is 3.68. The molecule has 0 aliphatic rings. The highest BCUT2D eigenvalue weighted by Gasteiger charge is 2.14. The highest BCUT2D eigenvalue weighted by atomic mass is 16.5. The van der Waals surface area contributed by atoms with Crippen LogP contribution in [0.3, 0.4) is 0 Å². The molecule has 0 heterocycles. The van der Waals surface area contributed by atoms with Gasteiger partial charge in [-0.25, -0.2) is 4.79 Å². The minimum absolute atomic E-state index is 0.275. The van der Waals surface area contributed by atoms with Gasteiger partial charge in [0, 0.05) is 0 Å². The fourth-order valence-corrected chi connectivity index (χ4v) is 2.23. The summed E-state index contributed by atoms with van der Waals surface area (Å²) in [4.78, 5) is 11.9. The number of carbonyl (C=O) groups excluding carboxylic acids is 1. The molecular formula is C17H26NO2. The van der Waals surface area contributed by atoms with Crippen molar-refractivity contribution in [1.82, 2.24) is 5.73 Å². The van der Waals surface area contributed by atoms with Crippen LogP contribution in [0.2, 0.25) is 0 Å². The van der Waals surface area contributed by atoms with Gasteiger partial charge in [-0.2, -0.15) is 0 Å². The number of hydrogen-bond acceptors (Lipinski definition) is 2. The first-order chi connectivity index (χ1) is 9.63. The SMILES string of the molecule is CCCCc1cc(C(=O)OCC)cc(CCCC)c1[NH]. The molecule has 0 saturated heterocycles. The number of esters is 1. The van der Waals surface area contributed by atoms with E-state index in [1.165, 1.54) is 0 Å². The van der Waals surface area contributed by atoms with E-state index >= 15 is 0 Å². The summed E-state index contributed by atoms with van der Waals surface area (Å²) in [6.07, 6.45) is 6.00. The van der Waals surface area contributed by atoms with Crippen LogP contribution in [-0.4, -0.2) is 12.6 Å². The molecule has 1 aromatic carbocycles. The van der Waals surface area contributed by atoms with Crippen molar-refractivity contribution in [2.75, 3.05) is 6.61 Å². The molecule has 111 valence electrons. The van der Waals surface area contributed by atoms with Crippen LogP contribution < -0.4 is 5.73 Å². The normalized spacial score (nSPS) is 10.6. The van der Waals surface area contributed by atoms with Crippen molar-refractivity contribution in [2.45, 2.75) is 59.3 Å². The Bertz CT molecular complexity index is 412. The lowest BCUT2D eigenvalue weighted by atomic mass is 9.96. The number of ether oxygens (including phenoxy) is 1. The van der Waals surface area contributed by atoms with Crippen molar-refractivity contribution >= 4 is 11.7 Å². The zero-order valence-electron chi connectivity index (χ0n) is 12.9. The molecule has 0 spiro atoms. The number of carbonyl (C=O) groups is 1. The Morgan fingerprint density at radius 3 is 1.95 bits per heavy atom. The van der Waals surface area contributed by atoms with Gasteiger partial charge in [-0.15, -0.1) is 0 Å². The van der Waals surface area contributed by atoms with Crippen molar-refractivity contribution < 1.29 is 9.53 Å². The van der Waals surface area contributed by atoms with Crippen molar-refractivity contribution in [1.29, 1.82) is 0 Å². The van der Waals surface area contributed by atoms with Crippen LogP contribution in [0.15, 0.2) is 12.1 Å². The predicted octanol–water partition coefficient (Wildman–Crippen LogP) is 4.46. The van der Waals surface area contributed by atoms with Gasteiger partial charge < -0.3 is 10.5 Å². The van der Waals surface area contributed by atoms with E-state index in [2.05, 4.69) is 13.8 Å². The Morgan fingerprint density at radius 2 is 1.55 bits per heavy atom. The molecule has 3 nitrogen and oxygen atoms in total. The smallest absolute Gasteiger partial charge is 0.338 e. The molecule has 1 N–H and O–H groups in total. The Hall–Kier alpha value is -1.51. The maximum Gasteiger partial charge on any atom is 0.338 e. The number of rotatable bonds is 8.